The molecule has 134 valence electrons. The number of nitro groups is 1. The first-order valence-electron chi connectivity index (χ1n) is 7.65. The Kier molecular flexibility index (Phi) is 4.70. The second-order valence-corrected chi connectivity index (χ2v) is 5.39. The Morgan fingerprint density at radius 3 is 2.77 bits per heavy atom. The van der Waals surface area contributed by atoms with E-state index in [2.05, 4.69) is 15.5 Å². The number of non-ortho nitro benzene ring substituents is 1. The standard InChI is InChI=1S/C17H16N4O5/c1-25-14-5-3-4-10(16(14)26-2)9-18-17(22)15-12-8-11(21(23)24)6-7-13(12)19-20-15/h3-8H,9H2,1-2H3,(H,18,22)(H,19,20). The van der Waals surface area contributed by atoms with Gasteiger partial charge in [0.05, 0.1) is 24.7 Å². The second kappa shape index (κ2) is 7.09. The van der Waals surface area contributed by atoms with Gasteiger partial charge in [-0.2, -0.15) is 5.10 Å². The van der Waals surface area contributed by atoms with Crippen molar-refractivity contribution in [3.63, 3.8) is 0 Å². The Hall–Kier alpha value is -3.62. The van der Waals surface area contributed by atoms with Crippen LogP contribution in [0.25, 0.3) is 10.9 Å². The molecule has 0 aliphatic heterocycles. The summed E-state index contributed by atoms with van der Waals surface area (Å²) in [6.45, 7) is 0.183. The van der Waals surface area contributed by atoms with Crippen LogP contribution in [0.4, 0.5) is 5.69 Å². The van der Waals surface area contributed by atoms with Gasteiger partial charge in [0.2, 0.25) is 0 Å². The van der Waals surface area contributed by atoms with Gasteiger partial charge in [0.1, 0.15) is 0 Å². The summed E-state index contributed by atoms with van der Waals surface area (Å²) in [4.78, 5) is 22.9. The Bertz CT molecular complexity index is 982. The van der Waals surface area contributed by atoms with Crippen LogP contribution < -0.4 is 14.8 Å². The number of aromatic nitrogens is 2. The van der Waals surface area contributed by atoms with E-state index < -0.39 is 10.8 Å². The number of ether oxygens (including phenoxy) is 2. The monoisotopic (exact) mass is 356 g/mol. The molecule has 9 nitrogen and oxygen atoms in total. The minimum absolute atomic E-state index is 0.0885. The lowest BCUT2D eigenvalue weighted by Crippen LogP contribution is -2.23. The molecule has 1 heterocycles. The van der Waals surface area contributed by atoms with Gasteiger partial charge in [-0.25, -0.2) is 0 Å². The molecule has 2 N–H and O–H groups in total. The highest BCUT2D eigenvalue weighted by Crippen LogP contribution is 2.30. The minimum Gasteiger partial charge on any atom is -0.493 e. The average molecular weight is 356 g/mol. The number of carbonyl (C=O) groups is 1. The van der Waals surface area contributed by atoms with E-state index in [0.29, 0.717) is 22.4 Å². The lowest BCUT2D eigenvalue weighted by atomic mass is 10.1. The Balaban J connectivity index is 1.84. The molecule has 0 bridgehead atoms. The van der Waals surface area contributed by atoms with E-state index in [-0.39, 0.29) is 17.9 Å². The van der Waals surface area contributed by atoms with Crippen molar-refractivity contribution in [3.8, 4) is 11.5 Å². The maximum Gasteiger partial charge on any atom is 0.272 e. The van der Waals surface area contributed by atoms with Gasteiger partial charge in [-0.05, 0) is 12.1 Å². The third-order valence-electron chi connectivity index (χ3n) is 3.90. The highest BCUT2D eigenvalue weighted by molar-refractivity contribution is 6.05. The number of amides is 1. The van der Waals surface area contributed by atoms with Crippen LogP contribution in [0.5, 0.6) is 11.5 Å². The number of nitrogens with one attached hydrogen (secondary N) is 2. The number of benzene rings is 2. The third kappa shape index (κ3) is 3.14. The van der Waals surface area contributed by atoms with Gasteiger partial charge in [0.25, 0.3) is 11.6 Å². The number of H-pyrrole nitrogens is 1. The van der Waals surface area contributed by atoms with E-state index in [1.54, 1.807) is 18.2 Å². The summed E-state index contributed by atoms with van der Waals surface area (Å²) < 4.78 is 10.6. The van der Waals surface area contributed by atoms with E-state index in [4.69, 9.17) is 9.47 Å². The summed E-state index contributed by atoms with van der Waals surface area (Å²) in [5.74, 6) is 0.625. The molecule has 26 heavy (non-hydrogen) atoms. The molecular formula is C17H16N4O5. The molecule has 0 saturated heterocycles. The fourth-order valence-electron chi connectivity index (χ4n) is 2.64. The van der Waals surface area contributed by atoms with Crippen molar-refractivity contribution in [2.24, 2.45) is 0 Å². The van der Waals surface area contributed by atoms with Gasteiger partial charge in [0, 0.05) is 29.6 Å². The molecule has 0 aliphatic carbocycles. The molecule has 3 aromatic rings. The molecule has 1 amide bonds. The number of aromatic amines is 1. The minimum atomic E-state index is -0.519. The van der Waals surface area contributed by atoms with Gasteiger partial charge in [0.15, 0.2) is 17.2 Å². The van der Waals surface area contributed by atoms with Crippen LogP contribution in [0, 0.1) is 10.1 Å². The summed E-state index contributed by atoms with van der Waals surface area (Å²) in [6.07, 6.45) is 0. The predicted molar refractivity (Wildman–Crippen MR) is 93.5 cm³/mol. The van der Waals surface area contributed by atoms with E-state index >= 15 is 0 Å². The molecule has 0 fully saturated rings. The van der Waals surface area contributed by atoms with Crippen molar-refractivity contribution >= 4 is 22.5 Å². The molecule has 0 radical (unpaired) electrons. The molecule has 1 aromatic heterocycles. The summed E-state index contributed by atoms with van der Waals surface area (Å²) in [5.41, 5.74) is 1.25. The maximum atomic E-state index is 12.5. The summed E-state index contributed by atoms with van der Waals surface area (Å²) >= 11 is 0. The molecule has 0 aliphatic rings. The van der Waals surface area contributed by atoms with Crippen LogP contribution in [0.15, 0.2) is 36.4 Å². The zero-order valence-electron chi connectivity index (χ0n) is 14.1. The number of rotatable bonds is 6. The van der Waals surface area contributed by atoms with Gasteiger partial charge in [-0.15, -0.1) is 0 Å². The number of nitrogens with zero attached hydrogens (tertiary/aromatic N) is 2. The Morgan fingerprint density at radius 2 is 2.08 bits per heavy atom. The normalized spacial score (nSPS) is 10.5. The lowest BCUT2D eigenvalue weighted by Gasteiger charge is -2.12. The fraction of sp³-hybridized carbons (Fsp3) is 0.176. The van der Waals surface area contributed by atoms with Gasteiger partial charge in [-0.1, -0.05) is 12.1 Å². The topological polar surface area (TPSA) is 119 Å². The van der Waals surface area contributed by atoms with E-state index in [9.17, 15) is 14.9 Å². The molecule has 0 atom stereocenters. The van der Waals surface area contributed by atoms with E-state index in [1.165, 1.54) is 32.4 Å². The zero-order valence-corrected chi connectivity index (χ0v) is 14.1. The second-order valence-electron chi connectivity index (χ2n) is 5.39. The fourth-order valence-corrected chi connectivity index (χ4v) is 2.64. The van der Waals surface area contributed by atoms with Crippen molar-refractivity contribution in [3.05, 3.63) is 57.8 Å². The Labute approximate surface area is 148 Å². The lowest BCUT2D eigenvalue weighted by molar-refractivity contribution is -0.384. The molecule has 3 rings (SSSR count). The first-order valence-corrected chi connectivity index (χ1v) is 7.65. The molecular weight excluding hydrogens is 340 g/mol. The average Bonchev–Trinajstić information content (AvgIpc) is 3.08. The van der Waals surface area contributed by atoms with E-state index in [1.807, 2.05) is 0 Å². The number of nitro benzene ring substituents is 1. The number of para-hydroxylation sites is 1. The summed E-state index contributed by atoms with van der Waals surface area (Å²) in [6, 6.07) is 9.53. The van der Waals surface area contributed by atoms with Crippen molar-refractivity contribution in [1.82, 2.24) is 15.5 Å². The van der Waals surface area contributed by atoms with Gasteiger partial charge < -0.3 is 14.8 Å². The summed E-state index contributed by atoms with van der Waals surface area (Å²) in [5, 5.41) is 20.7. The van der Waals surface area contributed by atoms with Crippen LogP contribution in [0.3, 0.4) is 0 Å². The van der Waals surface area contributed by atoms with Crippen molar-refractivity contribution in [2.45, 2.75) is 6.54 Å². The molecule has 0 unspecified atom stereocenters. The van der Waals surface area contributed by atoms with Crippen molar-refractivity contribution < 1.29 is 19.2 Å². The maximum absolute atomic E-state index is 12.5. The van der Waals surface area contributed by atoms with Crippen molar-refractivity contribution in [1.29, 1.82) is 0 Å². The van der Waals surface area contributed by atoms with Crippen LogP contribution in [0.1, 0.15) is 16.1 Å². The largest absolute Gasteiger partial charge is 0.493 e. The number of carbonyl (C=O) groups excluding carboxylic acids is 1. The van der Waals surface area contributed by atoms with Crippen molar-refractivity contribution in [2.75, 3.05) is 14.2 Å². The van der Waals surface area contributed by atoms with Gasteiger partial charge >= 0.3 is 0 Å². The predicted octanol–water partition coefficient (Wildman–Crippen LogP) is 2.42. The molecule has 9 heteroatoms. The SMILES string of the molecule is COc1cccc(CNC(=O)c2n[nH]c3ccc([N+](=O)[O-])cc23)c1OC. The molecule has 0 saturated carbocycles. The number of hydrogen-bond acceptors (Lipinski definition) is 6. The highest BCUT2D eigenvalue weighted by atomic mass is 16.6. The number of hydrogen-bond donors (Lipinski definition) is 2. The quantitative estimate of drug-likeness (QED) is 0.517. The van der Waals surface area contributed by atoms with Crippen LogP contribution in [0.2, 0.25) is 0 Å². The number of fused-ring (bicyclic) bond motifs is 1. The van der Waals surface area contributed by atoms with Crippen LogP contribution in [-0.4, -0.2) is 35.2 Å². The number of methoxy groups -OCH3 is 2. The summed E-state index contributed by atoms with van der Waals surface area (Å²) in [7, 11) is 3.05. The smallest absolute Gasteiger partial charge is 0.272 e. The van der Waals surface area contributed by atoms with Crippen LogP contribution >= 0.6 is 0 Å². The Morgan fingerprint density at radius 1 is 1.27 bits per heavy atom. The third-order valence-corrected chi connectivity index (χ3v) is 3.90. The van der Waals surface area contributed by atoms with Gasteiger partial charge in [-0.3, -0.25) is 20.0 Å². The first kappa shape index (κ1) is 17.2. The van der Waals surface area contributed by atoms with Crippen LogP contribution in [-0.2, 0) is 6.54 Å². The molecule has 2 aromatic carbocycles. The first-order chi connectivity index (χ1) is 12.5. The highest BCUT2D eigenvalue weighted by Gasteiger charge is 2.18. The van der Waals surface area contributed by atoms with E-state index in [0.717, 1.165) is 5.56 Å². The molecule has 0 spiro atoms. The zero-order chi connectivity index (χ0) is 18.7.